The van der Waals surface area contributed by atoms with Gasteiger partial charge in [0, 0.05) is 17.9 Å². The van der Waals surface area contributed by atoms with E-state index in [9.17, 15) is 9.90 Å². The maximum atomic E-state index is 11.4. The van der Waals surface area contributed by atoms with Gasteiger partial charge in [0.1, 0.15) is 6.04 Å². The van der Waals surface area contributed by atoms with Crippen LogP contribution in [0, 0.1) is 6.92 Å². The highest BCUT2D eigenvalue weighted by Gasteiger charge is 2.24. The zero-order valence-electron chi connectivity index (χ0n) is 10.7. The lowest BCUT2D eigenvalue weighted by atomic mass is 9.94. The maximum Gasteiger partial charge on any atom is 0.325 e. The monoisotopic (exact) mass is 248 g/mol. The van der Waals surface area contributed by atoms with Crippen LogP contribution < -0.4 is 5.32 Å². The van der Waals surface area contributed by atoms with Gasteiger partial charge in [0.15, 0.2) is 0 Å². The number of carbonyl (C=O) groups is 1. The summed E-state index contributed by atoms with van der Waals surface area (Å²) in [5.41, 5.74) is 1.64. The number of aryl methyl sites for hydroxylation is 1. The van der Waals surface area contributed by atoms with Gasteiger partial charge in [0.2, 0.25) is 0 Å². The normalized spacial score (nSPS) is 18.5. The van der Waals surface area contributed by atoms with Crippen LogP contribution in [-0.4, -0.2) is 22.1 Å². The molecule has 0 spiro atoms. The Hall–Kier alpha value is -1.42. The fourth-order valence-corrected chi connectivity index (χ4v) is 2.47. The number of nitrogens with one attached hydrogen (secondary N) is 1. The van der Waals surface area contributed by atoms with Crippen molar-refractivity contribution in [3.63, 3.8) is 0 Å². The predicted octanol–water partition coefficient (Wildman–Crippen LogP) is 2.44. The third-order valence-electron chi connectivity index (χ3n) is 3.52. The van der Waals surface area contributed by atoms with Gasteiger partial charge < -0.3 is 5.11 Å². The lowest BCUT2D eigenvalue weighted by Gasteiger charge is -2.26. The van der Waals surface area contributed by atoms with Gasteiger partial charge in [-0.2, -0.15) is 0 Å². The van der Waals surface area contributed by atoms with Crippen LogP contribution in [0.4, 0.5) is 0 Å². The summed E-state index contributed by atoms with van der Waals surface area (Å²) in [6.07, 6.45) is 7.45. The number of hydrogen-bond donors (Lipinski definition) is 2. The van der Waals surface area contributed by atoms with E-state index in [0.29, 0.717) is 6.04 Å². The molecule has 1 aromatic rings. The van der Waals surface area contributed by atoms with Crippen molar-refractivity contribution in [3.05, 3.63) is 29.6 Å². The van der Waals surface area contributed by atoms with Crippen molar-refractivity contribution >= 4 is 5.97 Å². The highest BCUT2D eigenvalue weighted by molar-refractivity contribution is 5.75. The van der Waals surface area contributed by atoms with E-state index in [4.69, 9.17) is 0 Å². The molecule has 1 atom stereocenters. The Kier molecular flexibility index (Phi) is 4.31. The summed E-state index contributed by atoms with van der Waals surface area (Å²) in [6, 6.07) is 3.38. The van der Waals surface area contributed by atoms with Crippen LogP contribution >= 0.6 is 0 Å². The first-order valence-corrected chi connectivity index (χ1v) is 6.58. The molecule has 0 aromatic carbocycles. The van der Waals surface area contributed by atoms with Gasteiger partial charge in [0.05, 0.1) is 0 Å². The number of nitrogens with zero attached hydrogens (tertiary/aromatic N) is 1. The highest BCUT2D eigenvalue weighted by atomic mass is 16.4. The molecule has 1 unspecified atom stereocenters. The molecule has 0 aliphatic heterocycles. The molecular formula is C14H20N2O2. The van der Waals surface area contributed by atoms with Crippen LogP contribution in [0.2, 0.25) is 0 Å². The molecule has 1 saturated carbocycles. The molecule has 4 nitrogen and oxygen atoms in total. The van der Waals surface area contributed by atoms with Crippen molar-refractivity contribution in [3.8, 4) is 0 Å². The maximum absolute atomic E-state index is 11.4. The fraction of sp³-hybridized carbons (Fsp3) is 0.571. The van der Waals surface area contributed by atoms with Crippen molar-refractivity contribution < 1.29 is 9.90 Å². The first-order chi connectivity index (χ1) is 8.66. The molecule has 98 valence electrons. The number of hydrogen-bond acceptors (Lipinski definition) is 3. The van der Waals surface area contributed by atoms with Crippen LogP contribution in [-0.2, 0) is 4.79 Å². The van der Waals surface area contributed by atoms with E-state index in [2.05, 4.69) is 10.3 Å². The summed E-state index contributed by atoms with van der Waals surface area (Å²) < 4.78 is 0. The summed E-state index contributed by atoms with van der Waals surface area (Å²) in [5.74, 6) is -0.828. The van der Waals surface area contributed by atoms with Crippen molar-refractivity contribution in [2.45, 2.75) is 51.1 Å². The second-order valence-corrected chi connectivity index (χ2v) is 5.01. The number of carboxylic acid groups (broad SMARTS) is 1. The molecule has 1 fully saturated rings. The highest BCUT2D eigenvalue weighted by Crippen LogP contribution is 2.21. The molecule has 0 saturated heterocycles. The summed E-state index contributed by atoms with van der Waals surface area (Å²) in [7, 11) is 0. The van der Waals surface area contributed by atoms with Gasteiger partial charge in [-0.3, -0.25) is 15.1 Å². The van der Waals surface area contributed by atoms with E-state index in [0.717, 1.165) is 24.1 Å². The first kappa shape index (κ1) is 13.0. The third-order valence-corrected chi connectivity index (χ3v) is 3.52. The molecule has 0 bridgehead atoms. The van der Waals surface area contributed by atoms with Crippen LogP contribution in [0.5, 0.6) is 0 Å². The summed E-state index contributed by atoms with van der Waals surface area (Å²) >= 11 is 0. The van der Waals surface area contributed by atoms with Crippen molar-refractivity contribution in [1.82, 2.24) is 10.3 Å². The zero-order valence-corrected chi connectivity index (χ0v) is 10.7. The minimum absolute atomic E-state index is 0.321. The summed E-state index contributed by atoms with van der Waals surface area (Å²) in [6.45, 7) is 1.90. The number of pyridine rings is 1. The Balaban J connectivity index is 2.07. The van der Waals surface area contributed by atoms with Crippen molar-refractivity contribution in [1.29, 1.82) is 0 Å². The first-order valence-electron chi connectivity index (χ1n) is 6.58. The molecule has 2 N–H and O–H groups in total. The van der Waals surface area contributed by atoms with E-state index >= 15 is 0 Å². The third kappa shape index (κ3) is 3.29. The minimum Gasteiger partial charge on any atom is -0.480 e. The van der Waals surface area contributed by atoms with E-state index in [-0.39, 0.29) is 0 Å². The largest absolute Gasteiger partial charge is 0.480 e. The molecule has 0 amide bonds. The van der Waals surface area contributed by atoms with Crippen LogP contribution in [0.3, 0.4) is 0 Å². The van der Waals surface area contributed by atoms with Crippen molar-refractivity contribution in [2.24, 2.45) is 0 Å². The molecule has 1 aromatic heterocycles. The molecule has 1 aliphatic rings. The molecule has 4 heteroatoms. The number of rotatable bonds is 4. The van der Waals surface area contributed by atoms with Crippen LogP contribution in [0.15, 0.2) is 18.3 Å². The fourth-order valence-electron chi connectivity index (χ4n) is 2.47. The molecular weight excluding hydrogens is 228 g/mol. The smallest absolute Gasteiger partial charge is 0.325 e. The Morgan fingerprint density at radius 1 is 1.39 bits per heavy atom. The Morgan fingerprint density at radius 3 is 2.67 bits per heavy atom. The molecule has 18 heavy (non-hydrogen) atoms. The van der Waals surface area contributed by atoms with Gasteiger partial charge in [-0.15, -0.1) is 0 Å². The summed E-state index contributed by atoms with van der Waals surface area (Å²) in [4.78, 5) is 15.5. The van der Waals surface area contributed by atoms with E-state index in [1.165, 1.54) is 19.3 Å². The van der Waals surface area contributed by atoms with Crippen molar-refractivity contribution in [2.75, 3.05) is 0 Å². The van der Waals surface area contributed by atoms with Gasteiger partial charge >= 0.3 is 5.97 Å². The standard InChI is InChI=1S/C14H20N2O2/c1-10-7-8-11(9-15-10)13(14(17)18)16-12-5-3-2-4-6-12/h7-9,12-13,16H,2-6H2,1H3,(H,17,18). The SMILES string of the molecule is Cc1ccc(C(NC2CCCCC2)C(=O)O)cn1. The predicted molar refractivity (Wildman–Crippen MR) is 69.4 cm³/mol. The Labute approximate surface area is 107 Å². The quantitative estimate of drug-likeness (QED) is 0.859. The topological polar surface area (TPSA) is 62.2 Å². The number of aromatic nitrogens is 1. The van der Waals surface area contributed by atoms with Gasteiger partial charge in [-0.05, 0) is 31.4 Å². The second-order valence-electron chi connectivity index (χ2n) is 5.01. The lowest BCUT2D eigenvalue weighted by molar-refractivity contribution is -0.140. The summed E-state index contributed by atoms with van der Waals surface area (Å²) in [5, 5.41) is 12.6. The Bertz CT molecular complexity index is 397. The molecule has 2 rings (SSSR count). The second kappa shape index (κ2) is 5.96. The van der Waals surface area contributed by atoms with E-state index in [1.54, 1.807) is 6.20 Å². The minimum atomic E-state index is -0.828. The van der Waals surface area contributed by atoms with Gasteiger partial charge in [-0.1, -0.05) is 25.3 Å². The average Bonchev–Trinajstić information content (AvgIpc) is 2.38. The van der Waals surface area contributed by atoms with Gasteiger partial charge in [-0.25, -0.2) is 0 Å². The van der Waals surface area contributed by atoms with E-state index in [1.807, 2.05) is 19.1 Å². The Morgan fingerprint density at radius 2 is 2.11 bits per heavy atom. The number of aliphatic carboxylic acids is 1. The average molecular weight is 248 g/mol. The molecule has 0 radical (unpaired) electrons. The molecule has 1 aliphatic carbocycles. The van der Waals surface area contributed by atoms with E-state index < -0.39 is 12.0 Å². The van der Waals surface area contributed by atoms with Crippen LogP contribution in [0.25, 0.3) is 0 Å². The lowest BCUT2D eigenvalue weighted by Crippen LogP contribution is -2.38. The van der Waals surface area contributed by atoms with Crippen LogP contribution in [0.1, 0.15) is 49.4 Å². The molecule has 1 heterocycles. The van der Waals surface area contributed by atoms with Gasteiger partial charge in [0.25, 0.3) is 0 Å². The number of carboxylic acids is 1. The zero-order chi connectivity index (χ0) is 13.0.